The van der Waals surface area contributed by atoms with Gasteiger partial charge in [-0.2, -0.15) is 5.26 Å². The molecule has 0 aliphatic rings. The average molecular weight is 498 g/mol. The van der Waals surface area contributed by atoms with Crippen molar-refractivity contribution in [1.29, 1.82) is 5.26 Å². The monoisotopic (exact) mass is 496 g/mol. The maximum Gasteiger partial charge on any atom is 0.266 e. The number of hydrogen-bond donors (Lipinski definition) is 1. The molecule has 0 unspecified atom stereocenters. The number of hydrogen-bond acceptors (Lipinski definition) is 4. The molecule has 7 heteroatoms. The van der Waals surface area contributed by atoms with Crippen molar-refractivity contribution >= 4 is 45.2 Å². The number of para-hydroxylation sites is 1. The van der Waals surface area contributed by atoms with Gasteiger partial charge in [0.2, 0.25) is 0 Å². The zero-order valence-corrected chi connectivity index (χ0v) is 18.9. The van der Waals surface area contributed by atoms with Crippen molar-refractivity contribution in [3.63, 3.8) is 0 Å². The lowest BCUT2D eigenvalue weighted by Gasteiger charge is -2.13. The van der Waals surface area contributed by atoms with Crippen LogP contribution in [0.5, 0.6) is 11.5 Å². The second-order valence-electron chi connectivity index (χ2n) is 6.43. The average Bonchev–Trinajstić information content (AvgIpc) is 2.78. The van der Waals surface area contributed by atoms with Gasteiger partial charge in [-0.15, -0.1) is 0 Å². The Morgan fingerprint density at radius 3 is 2.48 bits per heavy atom. The second kappa shape index (κ2) is 10.7. The number of halogens is 2. The maximum absolute atomic E-state index is 12.5. The smallest absolute Gasteiger partial charge is 0.266 e. The molecule has 1 N–H and O–H groups in total. The highest BCUT2D eigenvalue weighted by Crippen LogP contribution is 2.35. The third kappa shape index (κ3) is 6.11. The van der Waals surface area contributed by atoms with Crippen LogP contribution in [0.25, 0.3) is 6.08 Å². The summed E-state index contributed by atoms with van der Waals surface area (Å²) in [6.45, 7) is 0.331. The van der Waals surface area contributed by atoms with E-state index in [0.717, 1.165) is 5.56 Å². The molecule has 3 aromatic carbocycles. The fourth-order valence-corrected chi connectivity index (χ4v) is 3.26. The first-order valence-electron chi connectivity index (χ1n) is 9.23. The number of amides is 1. The van der Waals surface area contributed by atoms with Gasteiger partial charge in [0.1, 0.15) is 18.2 Å². The summed E-state index contributed by atoms with van der Waals surface area (Å²) in [6, 6.07) is 21.7. The summed E-state index contributed by atoms with van der Waals surface area (Å²) in [5, 5.41) is 12.8. The molecule has 0 aliphatic heterocycles. The highest BCUT2D eigenvalue weighted by Gasteiger charge is 2.14. The van der Waals surface area contributed by atoms with Crippen molar-refractivity contribution in [1.82, 2.24) is 0 Å². The first kappa shape index (κ1) is 22.4. The summed E-state index contributed by atoms with van der Waals surface area (Å²) >= 11 is 9.39. The summed E-state index contributed by atoms with van der Waals surface area (Å²) in [6.07, 6.45) is 1.49. The van der Waals surface area contributed by atoms with Gasteiger partial charge < -0.3 is 14.8 Å². The molecule has 0 spiro atoms. The molecule has 0 saturated carbocycles. The van der Waals surface area contributed by atoms with Crippen LogP contribution < -0.4 is 14.8 Å². The molecule has 0 heterocycles. The molecule has 156 valence electrons. The minimum absolute atomic E-state index is 0.0403. The van der Waals surface area contributed by atoms with Crippen LogP contribution in [0.2, 0.25) is 5.02 Å². The standard InChI is InChI=1S/C24H18BrClN2O3/c1-30-22-12-17(11-18(14-27)24(29)28-20-5-3-2-4-6-20)21(25)13-23(22)31-15-16-7-9-19(26)10-8-16/h2-13H,15H2,1H3,(H,28,29). The lowest BCUT2D eigenvalue weighted by atomic mass is 10.1. The number of benzene rings is 3. The molecular weight excluding hydrogens is 480 g/mol. The van der Waals surface area contributed by atoms with Gasteiger partial charge in [0.25, 0.3) is 5.91 Å². The van der Waals surface area contributed by atoms with Gasteiger partial charge in [-0.3, -0.25) is 4.79 Å². The van der Waals surface area contributed by atoms with E-state index in [9.17, 15) is 10.1 Å². The Morgan fingerprint density at radius 1 is 1.13 bits per heavy atom. The van der Waals surface area contributed by atoms with Crippen LogP contribution in [0.15, 0.2) is 76.8 Å². The van der Waals surface area contributed by atoms with Gasteiger partial charge in [0, 0.05) is 15.2 Å². The number of nitriles is 1. The number of methoxy groups -OCH3 is 1. The van der Waals surface area contributed by atoms with E-state index in [2.05, 4.69) is 21.2 Å². The van der Waals surface area contributed by atoms with E-state index >= 15 is 0 Å². The van der Waals surface area contributed by atoms with Crippen LogP contribution in [-0.2, 0) is 11.4 Å². The zero-order chi connectivity index (χ0) is 22.2. The maximum atomic E-state index is 12.5. The largest absolute Gasteiger partial charge is 0.493 e. The molecule has 0 aliphatic carbocycles. The van der Waals surface area contributed by atoms with Crippen LogP contribution >= 0.6 is 27.5 Å². The molecule has 1 amide bonds. The minimum Gasteiger partial charge on any atom is -0.493 e. The number of ether oxygens (including phenoxy) is 2. The molecule has 31 heavy (non-hydrogen) atoms. The third-order valence-corrected chi connectivity index (χ3v) is 5.23. The van der Waals surface area contributed by atoms with E-state index < -0.39 is 5.91 Å². The Labute approximate surface area is 194 Å². The summed E-state index contributed by atoms with van der Waals surface area (Å²) in [4.78, 5) is 12.5. The fourth-order valence-electron chi connectivity index (χ4n) is 2.70. The number of rotatable bonds is 7. The summed E-state index contributed by atoms with van der Waals surface area (Å²) < 4.78 is 12.0. The molecule has 0 aromatic heterocycles. The summed E-state index contributed by atoms with van der Waals surface area (Å²) in [5.74, 6) is 0.500. The van der Waals surface area contributed by atoms with E-state index in [1.807, 2.05) is 24.3 Å². The predicted molar refractivity (Wildman–Crippen MR) is 125 cm³/mol. The highest BCUT2D eigenvalue weighted by atomic mass is 79.9. The SMILES string of the molecule is COc1cc(C=C(C#N)C(=O)Nc2ccccc2)c(Br)cc1OCc1ccc(Cl)cc1. The van der Waals surface area contributed by atoms with E-state index in [4.69, 9.17) is 21.1 Å². The summed E-state index contributed by atoms with van der Waals surface area (Å²) in [5.41, 5.74) is 2.13. The molecule has 3 aromatic rings. The third-order valence-electron chi connectivity index (χ3n) is 4.29. The molecule has 5 nitrogen and oxygen atoms in total. The lowest BCUT2D eigenvalue weighted by molar-refractivity contribution is -0.112. The van der Waals surface area contributed by atoms with Crippen molar-refractivity contribution in [2.24, 2.45) is 0 Å². The fraction of sp³-hybridized carbons (Fsp3) is 0.0833. The van der Waals surface area contributed by atoms with Crippen molar-refractivity contribution in [2.75, 3.05) is 12.4 Å². The van der Waals surface area contributed by atoms with Gasteiger partial charge >= 0.3 is 0 Å². The van der Waals surface area contributed by atoms with Crippen molar-refractivity contribution in [3.8, 4) is 17.6 Å². The molecule has 0 atom stereocenters. The Hall–Kier alpha value is -3.27. The van der Waals surface area contributed by atoms with Gasteiger partial charge in [-0.25, -0.2) is 0 Å². The second-order valence-corrected chi connectivity index (χ2v) is 7.72. The van der Waals surface area contributed by atoms with E-state index in [0.29, 0.717) is 38.9 Å². The Morgan fingerprint density at radius 2 is 1.84 bits per heavy atom. The van der Waals surface area contributed by atoms with E-state index in [1.54, 1.807) is 48.5 Å². The molecular formula is C24H18BrClN2O3. The topological polar surface area (TPSA) is 71.3 Å². The van der Waals surface area contributed by atoms with Crippen LogP contribution in [0.3, 0.4) is 0 Å². The molecule has 0 radical (unpaired) electrons. The molecule has 0 saturated heterocycles. The summed E-state index contributed by atoms with van der Waals surface area (Å²) in [7, 11) is 1.53. The number of carbonyl (C=O) groups is 1. The number of carbonyl (C=O) groups excluding carboxylic acids is 1. The first-order chi connectivity index (χ1) is 15.0. The van der Waals surface area contributed by atoms with Crippen molar-refractivity contribution in [2.45, 2.75) is 6.61 Å². The lowest BCUT2D eigenvalue weighted by Crippen LogP contribution is -2.13. The Bertz CT molecular complexity index is 1140. The molecule has 3 rings (SSSR count). The molecule has 0 fully saturated rings. The highest BCUT2D eigenvalue weighted by molar-refractivity contribution is 9.10. The van der Waals surface area contributed by atoms with Crippen LogP contribution in [0.1, 0.15) is 11.1 Å². The first-order valence-corrected chi connectivity index (χ1v) is 10.4. The normalized spacial score (nSPS) is 10.8. The van der Waals surface area contributed by atoms with Crippen LogP contribution in [0.4, 0.5) is 5.69 Å². The van der Waals surface area contributed by atoms with Crippen LogP contribution in [-0.4, -0.2) is 13.0 Å². The number of anilines is 1. The van der Waals surface area contributed by atoms with Crippen molar-refractivity contribution < 1.29 is 14.3 Å². The van der Waals surface area contributed by atoms with Gasteiger partial charge in [0.15, 0.2) is 11.5 Å². The predicted octanol–water partition coefficient (Wildman–Crippen LogP) is 6.24. The Balaban J connectivity index is 1.81. The van der Waals surface area contributed by atoms with Gasteiger partial charge in [-0.1, -0.05) is 57.9 Å². The Kier molecular flexibility index (Phi) is 7.71. The minimum atomic E-state index is -0.498. The van der Waals surface area contributed by atoms with E-state index in [-0.39, 0.29) is 5.57 Å². The zero-order valence-electron chi connectivity index (χ0n) is 16.6. The van der Waals surface area contributed by atoms with E-state index in [1.165, 1.54) is 13.2 Å². The van der Waals surface area contributed by atoms with Crippen LogP contribution in [0, 0.1) is 11.3 Å². The number of nitrogens with one attached hydrogen (secondary N) is 1. The quantitative estimate of drug-likeness (QED) is 0.310. The van der Waals surface area contributed by atoms with Gasteiger partial charge in [-0.05, 0) is 53.6 Å². The van der Waals surface area contributed by atoms with Gasteiger partial charge in [0.05, 0.1) is 7.11 Å². The van der Waals surface area contributed by atoms with Crippen molar-refractivity contribution in [3.05, 3.63) is 92.9 Å². The molecule has 0 bridgehead atoms. The number of nitrogens with zero attached hydrogens (tertiary/aromatic N) is 1.